The molecule has 4 aromatic carbocycles. The third-order valence-electron chi connectivity index (χ3n) is 13.5. The highest BCUT2D eigenvalue weighted by Gasteiger charge is 2.56. The number of nitriles is 1. The number of likely N-dealkylation sites (N-methyl/N-ethyl adjacent to an activating group) is 1. The van der Waals surface area contributed by atoms with Gasteiger partial charge in [-0.2, -0.15) is 17.0 Å². The van der Waals surface area contributed by atoms with E-state index in [-0.39, 0.29) is 48.9 Å². The largest absolute Gasteiger partial charge is 0.507 e. The Morgan fingerprint density at radius 1 is 0.984 bits per heavy atom. The van der Waals surface area contributed by atoms with E-state index in [1.165, 1.54) is 27.8 Å². The summed E-state index contributed by atoms with van der Waals surface area (Å²) in [4.78, 5) is 32.4. The minimum atomic E-state index is -1.05. The van der Waals surface area contributed by atoms with E-state index < -0.39 is 35.8 Å². The maximum absolute atomic E-state index is 14.5. The van der Waals surface area contributed by atoms with Crippen LogP contribution < -0.4 is 19.5 Å². The number of alkyl carbamates (subject to hydrolysis) is 1. The molecular weight excluding hydrogens is 805 g/mol. The molecule has 0 aromatic heterocycles. The summed E-state index contributed by atoms with van der Waals surface area (Å²) in [6.45, 7) is 11.1. The third-order valence-corrected chi connectivity index (χ3v) is 14.6. The molecule has 2 N–H and O–H groups in total. The first-order chi connectivity index (χ1) is 29.7. The summed E-state index contributed by atoms with van der Waals surface area (Å²) in [6.07, 6.45) is 0.325. The second-order valence-corrected chi connectivity index (χ2v) is 19.2. The highest BCUT2D eigenvalue weighted by atomic mass is 32.2. The molecule has 4 aliphatic heterocycles. The van der Waals surface area contributed by atoms with Crippen LogP contribution in [0.5, 0.6) is 23.0 Å². The molecule has 4 aromatic rings. The SMILES string of the molecule is COc1c(C)cc2c(c1C)[C@H]1[C@@H]3Cc4c(O)c(C)c5c(c4[C@H](COC(=O)[C@@H](CSCC4c6ccccc6-c6ccccc64)NC(=O)OC(C)(C)C)N3[C@@H](C#N)[C@H](C2)N1C)OCO5. The molecule has 1 amide bonds. The number of phenols is 1. The molecule has 1 aliphatic carbocycles. The molecule has 0 unspecified atom stereocenters. The van der Waals surface area contributed by atoms with Crippen molar-refractivity contribution in [3.8, 4) is 40.2 Å². The molecule has 0 radical (unpaired) electrons. The van der Waals surface area contributed by atoms with Gasteiger partial charge in [0.05, 0.1) is 25.3 Å². The van der Waals surface area contributed by atoms with E-state index in [0.717, 1.165) is 22.4 Å². The van der Waals surface area contributed by atoms with Gasteiger partial charge >= 0.3 is 12.1 Å². The predicted octanol–water partition coefficient (Wildman–Crippen LogP) is 7.81. The van der Waals surface area contributed by atoms with E-state index >= 15 is 0 Å². The van der Waals surface area contributed by atoms with E-state index in [4.69, 9.17) is 23.7 Å². The van der Waals surface area contributed by atoms with Gasteiger partial charge in [0.1, 0.15) is 35.8 Å². The molecule has 0 spiro atoms. The van der Waals surface area contributed by atoms with Gasteiger partial charge in [-0.05, 0) is 106 Å². The Labute approximate surface area is 367 Å². The number of hydrogen-bond acceptors (Lipinski definition) is 12. The van der Waals surface area contributed by atoms with E-state index in [0.29, 0.717) is 46.8 Å². The summed E-state index contributed by atoms with van der Waals surface area (Å²) in [5, 5.41) is 25.9. The number of ether oxygens (including phenoxy) is 5. The van der Waals surface area contributed by atoms with Crippen molar-refractivity contribution < 1.29 is 38.4 Å². The first-order valence-corrected chi connectivity index (χ1v) is 22.5. The number of aryl methyl sites for hydroxylation is 1. The maximum Gasteiger partial charge on any atom is 0.408 e. The molecule has 13 heteroatoms. The Bertz CT molecular complexity index is 2470. The molecule has 12 nitrogen and oxygen atoms in total. The number of esters is 1. The maximum atomic E-state index is 14.5. The Kier molecular flexibility index (Phi) is 10.8. The van der Waals surface area contributed by atoms with Crippen LogP contribution in [0, 0.1) is 32.1 Å². The topological polar surface area (TPSA) is 143 Å². The van der Waals surface area contributed by atoms with Gasteiger partial charge in [0.2, 0.25) is 6.79 Å². The van der Waals surface area contributed by atoms with Crippen molar-refractivity contribution in [1.29, 1.82) is 5.26 Å². The van der Waals surface area contributed by atoms with Crippen LogP contribution in [0.1, 0.15) is 88.8 Å². The van der Waals surface area contributed by atoms with Gasteiger partial charge in [0, 0.05) is 46.2 Å². The molecular formula is C49H54N4O8S. The van der Waals surface area contributed by atoms with Gasteiger partial charge < -0.3 is 34.1 Å². The first kappa shape index (κ1) is 41.9. The van der Waals surface area contributed by atoms with E-state index in [9.17, 15) is 20.0 Å². The number of aromatic hydroxyl groups is 1. The number of piperazine rings is 1. The number of nitrogens with one attached hydrogen (secondary N) is 1. The third kappa shape index (κ3) is 6.91. The fourth-order valence-corrected chi connectivity index (χ4v) is 12.1. The average molecular weight is 859 g/mol. The fourth-order valence-electron chi connectivity index (χ4n) is 11.0. The number of nitrogens with zero attached hydrogens (tertiary/aromatic N) is 3. The number of rotatable bonds is 9. The number of carbonyl (C=O) groups is 2. The number of methoxy groups -OCH3 is 1. The van der Waals surface area contributed by atoms with Crippen molar-refractivity contribution >= 4 is 23.8 Å². The fraction of sp³-hybridized carbons (Fsp3) is 0.449. The summed E-state index contributed by atoms with van der Waals surface area (Å²) in [7, 11) is 3.77. The molecule has 324 valence electrons. The van der Waals surface area contributed by atoms with Crippen LogP contribution in [0.4, 0.5) is 4.79 Å². The Morgan fingerprint density at radius 2 is 1.66 bits per heavy atom. The van der Waals surface area contributed by atoms with Crippen LogP contribution in [0.2, 0.25) is 0 Å². The highest BCUT2D eigenvalue weighted by Crippen LogP contribution is 2.57. The number of hydrogen-bond donors (Lipinski definition) is 2. The smallest absolute Gasteiger partial charge is 0.408 e. The summed E-state index contributed by atoms with van der Waals surface area (Å²) < 4.78 is 30.0. The lowest BCUT2D eigenvalue weighted by atomic mass is 9.71. The summed E-state index contributed by atoms with van der Waals surface area (Å²) in [6, 6.07) is 18.6. The lowest BCUT2D eigenvalue weighted by Crippen LogP contribution is -2.68. The lowest BCUT2D eigenvalue weighted by molar-refractivity contribution is -0.151. The van der Waals surface area contributed by atoms with Gasteiger partial charge in [-0.15, -0.1) is 0 Å². The number of amides is 1. The predicted molar refractivity (Wildman–Crippen MR) is 236 cm³/mol. The quantitative estimate of drug-likeness (QED) is 0.159. The van der Waals surface area contributed by atoms with Gasteiger partial charge in [0.15, 0.2) is 11.5 Å². The first-order valence-electron chi connectivity index (χ1n) is 21.3. The van der Waals surface area contributed by atoms with Crippen molar-refractivity contribution in [2.75, 3.05) is 39.1 Å². The van der Waals surface area contributed by atoms with E-state index in [1.807, 2.05) is 6.92 Å². The van der Waals surface area contributed by atoms with Crippen LogP contribution in [-0.2, 0) is 27.1 Å². The summed E-state index contributed by atoms with van der Waals surface area (Å²) in [5.74, 6) is 2.24. The van der Waals surface area contributed by atoms with Crippen molar-refractivity contribution in [2.45, 2.75) is 102 Å². The summed E-state index contributed by atoms with van der Waals surface area (Å²) in [5.41, 5.74) is 10.4. The zero-order valence-corrected chi connectivity index (χ0v) is 37.4. The minimum Gasteiger partial charge on any atom is -0.507 e. The molecule has 6 atom stereocenters. The molecule has 4 heterocycles. The van der Waals surface area contributed by atoms with Crippen molar-refractivity contribution in [2.24, 2.45) is 0 Å². The monoisotopic (exact) mass is 858 g/mol. The Balaban J connectivity index is 1.06. The molecule has 0 saturated carbocycles. The minimum absolute atomic E-state index is 0.0293. The van der Waals surface area contributed by atoms with Crippen LogP contribution >= 0.6 is 11.8 Å². The molecule has 9 rings (SSSR count). The molecule has 62 heavy (non-hydrogen) atoms. The zero-order valence-electron chi connectivity index (χ0n) is 36.5. The Hall–Kier alpha value is -5.42. The van der Waals surface area contributed by atoms with Crippen LogP contribution in [-0.4, -0.2) is 95.8 Å². The van der Waals surface area contributed by atoms with E-state index in [2.05, 4.69) is 96.7 Å². The van der Waals surface area contributed by atoms with Gasteiger partial charge in [-0.25, -0.2) is 9.59 Å². The number of fused-ring (bicyclic) bond motifs is 12. The molecule has 5 aliphatic rings. The zero-order chi connectivity index (χ0) is 43.8. The number of benzene rings is 4. The van der Waals surface area contributed by atoms with Gasteiger partial charge in [-0.3, -0.25) is 9.80 Å². The highest BCUT2D eigenvalue weighted by molar-refractivity contribution is 7.99. The van der Waals surface area contributed by atoms with Crippen molar-refractivity contribution in [3.63, 3.8) is 0 Å². The van der Waals surface area contributed by atoms with Crippen LogP contribution in [0.3, 0.4) is 0 Å². The standard InChI is InChI=1S/C49H54N4O8S/c1-25-17-28-18-36-38(20-50)53-37(42(52(36)7)40(28)26(2)44(25)57-8)19-33-41(46-45(59-24-60-46)27(3)43(33)54)39(53)21-58-47(55)35(51-48(56)61-49(4,5)6)23-62-22-34-31-15-11-9-13-29(31)30-14-10-12-16-32(30)34/h9-17,34-39,42,54H,18-19,21-24H2,1-8H3,(H,51,56)/t35-,36+,37+,38+,39+,42-/m1/s1. The number of phenolic OH excluding ortho intramolecular Hbond substituents is 1. The lowest BCUT2D eigenvalue weighted by Gasteiger charge is -2.60. The second kappa shape index (κ2) is 16.0. The number of carbonyl (C=O) groups excluding carboxylic acids is 2. The second-order valence-electron chi connectivity index (χ2n) is 18.1. The summed E-state index contributed by atoms with van der Waals surface area (Å²) >= 11 is 1.57. The molecule has 1 saturated heterocycles. The van der Waals surface area contributed by atoms with Gasteiger partial charge in [-0.1, -0.05) is 54.6 Å². The number of thioether (sulfide) groups is 1. The van der Waals surface area contributed by atoms with Crippen molar-refractivity contribution in [1.82, 2.24) is 15.1 Å². The normalized spacial score (nSPS) is 22.6. The molecule has 1 fully saturated rings. The van der Waals surface area contributed by atoms with Gasteiger partial charge in [0.25, 0.3) is 0 Å². The molecule has 2 bridgehead atoms. The average Bonchev–Trinajstić information content (AvgIpc) is 3.85. The van der Waals surface area contributed by atoms with Crippen LogP contribution in [0.25, 0.3) is 11.1 Å². The Morgan fingerprint density at radius 3 is 2.32 bits per heavy atom. The van der Waals surface area contributed by atoms with Crippen molar-refractivity contribution in [3.05, 3.63) is 105 Å². The van der Waals surface area contributed by atoms with Crippen LogP contribution in [0.15, 0.2) is 54.6 Å². The van der Waals surface area contributed by atoms with E-state index in [1.54, 1.807) is 39.6 Å².